The van der Waals surface area contributed by atoms with E-state index in [1.807, 2.05) is 12.3 Å². The van der Waals surface area contributed by atoms with Gasteiger partial charge in [0.25, 0.3) is 0 Å². The predicted octanol–water partition coefficient (Wildman–Crippen LogP) is 4.11. The summed E-state index contributed by atoms with van der Waals surface area (Å²) in [6.45, 7) is 4.27. The van der Waals surface area contributed by atoms with Crippen LogP contribution in [-0.2, 0) is 12.8 Å². The first kappa shape index (κ1) is 10.3. The van der Waals surface area contributed by atoms with Gasteiger partial charge in [0.2, 0.25) is 0 Å². The summed E-state index contributed by atoms with van der Waals surface area (Å²) in [6, 6.07) is 8.46. The summed E-state index contributed by atoms with van der Waals surface area (Å²) in [6.07, 6.45) is 3.82. The van der Waals surface area contributed by atoms with Crippen molar-refractivity contribution in [1.82, 2.24) is 4.98 Å². The van der Waals surface area contributed by atoms with E-state index in [0.717, 1.165) is 29.7 Å². The van der Waals surface area contributed by atoms with Crippen LogP contribution < -0.4 is 0 Å². The number of furan rings is 1. The molecule has 0 aliphatic heterocycles. The van der Waals surface area contributed by atoms with Crippen molar-refractivity contribution in [2.24, 2.45) is 0 Å². The minimum absolute atomic E-state index is 0.901. The normalized spacial score (nSPS) is 11.4. The molecule has 0 spiro atoms. The molecule has 3 aromatic rings. The maximum atomic E-state index is 5.91. The van der Waals surface area contributed by atoms with Gasteiger partial charge in [-0.05, 0) is 36.6 Å². The maximum absolute atomic E-state index is 5.91. The average Bonchev–Trinajstić information content (AvgIpc) is 2.76. The lowest BCUT2D eigenvalue weighted by molar-refractivity contribution is 0.659. The van der Waals surface area contributed by atoms with Gasteiger partial charge in [-0.25, -0.2) is 0 Å². The smallest absolute Gasteiger partial charge is 0.156 e. The van der Waals surface area contributed by atoms with E-state index in [9.17, 15) is 0 Å². The molecule has 0 bridgehead atoms. The lowest BCUT2D eigenvalue weighted by Crippen LogP contribution is -1.85. The monoisotopic (exact) mass is 225 g/mol. The highest BCUT2D eigenvalue weighted by Crippen LogP contribution is 2.30. The molecule has 0 aliphatic carbocycles. The Balaban J connectivity index is 2.42. The molecule has 0 radical (unpaired) electrons. The molecule has 0 aliphatic rings. The summed E-state index contributed by atoms with van der Waals surface area (Å²) in [5.41, 5.74) is 4.28. The first-order chi connectivity index (χ1) is 8.33. The second-order valence-corrected chi connectivity index (χ2v) is 4.27. The molecular weight excluding hydrogens is 210 g/mol. The van der Waals surface area contributed by atoms with Crippen LogP contribution in [0.1, 0.15) is 25.1 Å². The molecule has 0 saturated carbocycles. The Labute approximate surface area is 100 Å². The number of fused-ring (bicyclic) bond motifs is 3. The molecule has 86 valence electrons. The summed E-state index contributed by atoms with van der Waals surface area (Å²) in [4.78, 5) is 4.37. The first-order valence-electron chi connectivity index (χ1n) is 6.12. The van der Waals surface area contributed by atoms with E-state index in [1.54, 1.807) is 0 Å². The SMILES string of the molecule is CCc1ccc2oc3c(CC)nccc3c2c1. The van der Waals surface area contributed by atoms with Crippen LogP contribution in [0.5, 0.6) is 0 Å². The van der Waals surface area contributed by atoms with Crippen molar-refractivity contribution in [3.63, 3.8) is 0 Å². The van der Waals surface area contributed by atoms with Crippen molar-refractivity contribution in [3.8, 4) is 0 Å². The topological polar surface area (TPSA) is 26.0 Å². The average molecular weight is 225 g/mol. The third-order valence-corrected chi connectivity index (χ3v) is 3.27. The highest BCUT2D eigenvalue weighted by molar-refractivity contribution is 6.05. The van der Waals surface area contributed by atoms with Crippen LogP contribution in [-0.4, -0.2) is 4.98 Å². The fourth-order valence-electron chi connectivity index (χ4n) is 2.28. The number of hydrogen-bond donors (Lipinski definition) is 0. The Morgan fingerprint density at radius 3 is 2.71 bits per heavy atom. The van der Waals surface area contributed by atoms with Crippen LogP contribution in [0.4, 0.5) is 0 Å². The Morgan fingerprint density at radius 1 is 1.06 bits per heavy atom. The van der Waals surface area contributed by atoms with Gasteiger partial charge in [0, 0.05) is 17.0 Å². The molecule has 0 fully saturated rings. The number of aryl methyl sites for hydroxylation is 2. The van der Waals surface area contributed by atoms with Crippen molar-refractivity contribution in [3.05, 3.63) is 41.7 Å². The highest BCUT2D eigenvalue weighted by Gasteiger charge is 2.10. The Hall–Kier alpha value is -1.83. The van der Waals surface area contributed by atoms with E-state index < -0.39 is 0 Å². The van der Waals surface area contributed by atoms with Gasteiger partial charge in [0.05, 0.1) is 5.69 Å². The lowest BCUT2D eigenvalue weighted by Gasteiger charge is -1.96. The molecule has 0 amide bonds. The van der Waals surface area contributed by atoms with Crippen LogP contribution in [0.15, 0.2) is 34.9 Å². The number of rotatable bonds is 2. The maximum Gasteiger partial charge on any atom is 0.156 e. The van der Waals surface area contributed by atoms with Crippen LogP contribution in [0.2, 0.25) is 0 Å². The number of pyridine rings is 1. The predicted molar refractivity (Wildman–Crippen MR) is 70.3 cm³/mol. The summed E-state index contributed by atoms with van der Waals surface area (Å²) in [5, 5.41) is 2.39. The van der Waals surface area contributed by atoms with E-state index in [2.05, 4.69) is 37.0 Å². The Bertz CT molecular complexity index is 682. The van der Waals surface area contributed by atoms with Gasteiger partial charge in [-0.3, -0.25) is 4.98 Å². The van der Waals surface area contributed by atoms with Gasteiger partial charge in [-0.15, -0.1) is 0 Å². The van der Waals surface area contributed by atoms with E-state index in [0.29, 0.717) is 0 Å². The van der Waals surface area contributed by atoms with Crippen molar-refractivity contribution in [2.45, 2.75) is 26.7 Å². The van der Waals surface area contributed by atoms with Crippen molar-refractivity contribution in [1.29, 1.82) is 0 Å². The van der Waals surface area contributed by atoms with E-state index in [1.165, 1.54) is 16.3 Å². The molecule has 0 N–H and O–H groups in total. The molecule has 0 atom stereocenters. The summed E-state index contributed by atoms with van der Waals surface area (Å²) >= 11 is 0. The lowest BCUT2D eigenvalue weighted by atomic mass is 10.1. The van der Waals surface area contributed by atoms with Gasteiger partial charge in [0.1, 0.15) is 5.58 Å². The number of nitrogens with zero attached hydrogens (tertiary/aromatic N) is 1. The molecule has 0 saturated heterocycles. The molecule has 2 nitrogen and oxygen atoms in total. The van der Waals surface area contributed by atoms with Crippen LogP contribution in [0.25, 0.3) is 21.9 Å². The van der Waals surface area contributed by atoms with Crippen LogP contribution in [0.3, 0.4) is 0 Å². The fraction of sp³-hybridized carbons (Fsp3) is 0.267. The molecular formula is C15H15NO. The fourth-order valence-corrected chi connectivity index (χ4v) is 2.28. The Morgan fingerprint density at radius 2 is 1.94 bits per heavy atom. The zero-order valence-corrected chi connectivity index (χ0v) is 10.2. The number of benzene rings is 1. The van der Waals surface area contributed by atoms with E-state index >= 15 is 0 Å². The highest BCUT2D eigenvalue weighted by atomic mass is 16.3. The molecule has 17 heavy (non-hydrogen) atoms. The summed E-state index contributed by atoms with van der Waals surface area (Å²) in [5.74, 6) is 0. The van der Waals surface area contributed by atoms with Gasteiger partial charge in [-0.1, -0.05) is 19.9 Å². The van der Waals surface area contributed by atoms with E-state index in [4.69, 9.17) is 4.42 Å². The van der Waals surface area contributed by atoms with E-state index in [-0.39, 0.29) is 0 Å². The van der Waals surface area contributed by atoms with Gasteiger partial charge in [0.15, 0.2) is 5.58 Å². The quantitative estimate of drug-likeness (QED) is 0.656. The molecule has 2 heteroatoms. The van der Waals surface area contributed by atoms with Crippen molar-refractivity contribution < 1.29 is 4.42 Å². The van der Waals surface area contributed by atoms with Gasteiger partial charge in [-0.2, -0.15) is 0 Å². The molecule has 1 aromatic carbocycles. The third-order valence-electron chi connectivity index (χ3n) is 3.27. The second kappa shape index (κ2) is 3.88. The zero-order valence-electron chi connectivity index (χ0n) is 10.2. The second-order valence-electron chi connectivity index (χ2n) is 4.27. The number of aromatic nitrogens is 1. The molecule has 2 heterocycles. The largest absolute Gasteiger partial charge is 0.454 e. The summed E-state index contributed by atoms with van der Waals surface area (Å²) in [7, 11) is 0. The van der Waals surface area contributed by atoms with Gasteiger partial charge >= 0.3 is 0 Å². The van der Waals surface area contributed by atoms with Crippen molar-refractivity contribution >= 4 is 21.9 Å². The van der Waals surface area contributed by atoms with Crippen LogP contribution in [0, 0.1) is 0 Å². The number of hydrogen-bond acceptors (Lipinski definition) is 2. The minimum atomic E-state index is 0.901. The minimum Gasteiger partial charge on any atom is -0.454 e. The van der Waals surface area contributed by atoms with Gasteiger partial charge < -0.3 is 4.42 Å². The zero-order chi connectivity index (χ0) is 11.8. The molecule has 3 rings (SSSR count). The first-order valence-corrected chi connectivity index (χ1v) is 6.12. The Kier molecular flexibility index (Phi) is 2.36. The third kappa shape index (κ3) is 1.52. The standard InChI is InChI=1S/C15H15NO/c1-3-10-5-6-14-12(9-10)11-7-8-16-13(4-2)15(11)17-14/h5-9H,3-4H2,1-2H3. The molecule has 2 aromatic heterocycles. The van der Waals surface area contributed by atoms with Crippen molar-refractivity contribution in [2.75, 3.05) is 0 Å². The summed E-state index contributed by atoms with van der Waals surface area (Å²) < 4.78 is 5.91. The van der Waals surface area contributed by atoms with Crippen LogP contribution >= 0.6 is 0 Å². The molecule has 0 unspecified atom stereocenters.